The van der Waals surface area contributed by atoms with E-state index in [1.807, 2.05) is 42.8 Å². The molecule has 0 radical (unpaired) electrons. The zero-order valence-corrected chi connectivity index (χ0v) is 10.8. The normalized spacial score (nSPS) is 10.1. The molecule has 4 heteroatoms. The molecule has 18 heavy (non-hydrogen) atoms. The van der Waals surface area contributed by atoms with Crippen LogP contribution in [0.4, 0.5) is 0 Å². The number of methoxy groups -OCH3 is 1. The standard InChI is InChI=1S/C14H15N3O/c1-10-12(8-9-15)16-14(17(10)2)11-6-4-5-7-13(11)18-3/h4-7H,8H2,1-3H3. The van der Waals surface area contributed by atoms with Crippen molar-refractivity contribution in [3.05, 3.63) is 35.7 Å². The molecular weight excluding hydrogens is 226 g/mol. The van der Waals surface area contributed by atoms with Crippen LogP contribution in [0.25, 0.3) is 11.4 Å². The lowest BCUT2D eigenvalue weighted by molar-refractivity contribution is 0.416. The Hall–Kier alpha value is -2.28. The Kier molecular flexibility index (Phi) is 3.33. The number of para-hydroxylation sites is 1. The Morgan fingerprint density at radius 1 is 1.39 bits per heavy atom. The van der Waals surface area contributed by atoms with Crippen molar-refractivity contribution in [3.63, 3.8) is 0 Å². The summed E-state index contributed by atoms with van der Waals surface area (Å²) in [5.41, 5.74) is 2.77. The fraction of sp³-hybridized carbons (Fsp3) is 0.286. The van der Waals surface area contributed by atoms with E-state index in [0.29, 0.717) is 6.42 Å². The van der Waals surface area contributed by atoms with Crippen molar-refractivity contribution in [1.29, 1.82) is 5.26 Å². The van der Waals surface area contributed by atoms with E-state index in [2.05, 4.69) is 11.1 Å². The molecule has 0 atom stereocenters. The number of rotatable bonds is 3. The van der Waals surface area contributed by atoms with Gasteiger partial charge in [0.25, 0.3) is 0 Å². The van der Waals surface area contributed by atoms with Gasteiger partial charge in [-0.2, -0.15) is 5.26 Å². The van der Waals surface area contributed by atoms with Crippen molar-refractivity contribution in [3.8, 4) is 23.2 Å². The summed E-state index contributed by atoms with van der Waals surface area (Å²) >= 11 is 0. The van der Waals surface area contributed by atoms with Gasteiger partial charge < -0.3 is 9.30 Å². The molecule has 0 saturated heterocycles. The summed E-state index contributed by atoms with van der Waals surface area (Å²) in [4.78, 5) is 4.54. The van der Waals surface area contributed by atoms with Gasteiger partial charge in [0.05, 0.1) is 30.9 Å². The maximum Gasteiger partial charge on any atom is 0.143 e. The first kappa shape index (κ1) is 12.2. The monoisotopic (exact) mass is 241 g/mol. The van der Waals surface area contributed by atoms with Crippen LogP contribution < -0.4 is 4.74 Å². The third-order valence-corrected chi connectivity index (χ3v) is 3.07. The number of nitrogens with zero attached hydrogens (tertiary/aromatic N) is 3. The molecule has 92 valence electrons. The molecule has 1 heterocycles. The van der Waals surface area contributed by atoms with Crippen molar-refractivity contribution in [2.75, 3.05) is 7.11 Å². The quantitative estimate of drug-likeness (QED) is 0.829. The van der Waals surface area contributed by atoms with E-state index in [4.69, 9.17) is 10.00 Å². The fourth-order valence-electron chi connectivity index (χ4n) is 1.95. The molecule has 0 N–H and O–H groups in total. The van der Waals surface area contributed by atoms with E-state index in [1.165, 1.54) is 0 Å². The average Bonchev–Trinajstić information content (AvgIpc) is 2.67. The summed E-state index contributed by atoms with van der Waals surface area (Å²) in [5, 5.41) is 8.79. The minimum Gasteiger partial charge on any atom is -0.496 e. The van der Waals surface area contributed by atoms with Crippen molar-refractivity contribution in [1.82, 2.24) is 9.55 Å². The van der Waals surface area contributed by atoms with E-state index < -0.39 is 0 Å². The number of imidazole rings is 1. The lowest BCUT2D eigenvalue weighted by atomic mass is 10.2. The fourth-order valence-corrected chi connectivity index (χ4v) is 1.95. The number of nitriles is 1. The zero-order chi connectivity index (χ0) is 13.1. The molecule has 2 aromatic rings. The van der Waals surface area contributed by atoms with E-state index in [-0.39, 0.29) is 0 Å². The summed E-state index contributed by atoms with van der Waals surface area (Å²) in [5.74, 6) is 1.62. The van der Waals surface area contributed by atoms with Gasteiger partial charge in [-0.15, -0.1) is 0 Å². The van der Waals surface area contributed by atoms with Crippen LogP contribution in [-0.4, -0.2) is 16.7 Å². The topological polar surface area (TPSA) is 50.8 Å². The molecule has 0 amide bonds. The minimum atomic E-state index is 0.328. The molecule has 0 aliphatic rings. The van der Waals surface area contributed by atoms with Crippen molar-refractivity contribution in [2.45, 2.75) is 13.3 Å². The highest BCUT2D eigenvalue weighted by Gasteiger charge is 2.15. The Morgan fingerprint density at radius 2 is 2.11 bits per heavy atom. The average molecular weight is 241 g/mol. The van der Waals surface area contributed by atoms with Gasteiger partial charge in [0.15, 0.2) is 0 Å². The second-order valence-electron chi connectivity index (χ2n) is 4.06. The number of ether oxygens (including phenoxy) is 1. The highest BCUT2D eigenvalue weighted by molar-refractivity contribution is 5.65. The van der Waals surface area contributed by atoms with Crippen LogP contribution in [0.1, 0.15) is 11.4 Å². The van der Waals surface area contributed by atoms with Gasteiger partial charge in [0.1, 0.15) is 11.6 Å². The smallest absolute Gasteiger partial charge is 0.143 e. The van der Waals surface area contributed by atoms with Crippen LogP contribution in [0, 0.1) is 18.3 Å². The predicted molar refractivity (Wildman–Crippen MR) is 69.3 cm³/mol. The highest BCUT2D eigenvalue weighted by atomic mass is 16.5. The second-order valence-corrected chi connectivity index (χ2v) is 4.06. The first-order valence-corrected chi connectivity index (χ1v) is 5.71. The first-order chi connectivity index (χ1) is 8.69. The Morgan fingerprint density at radius 3 is 2.78 bits per heavy atom. The molecule has 0 unspecified atom stereocenters. The van der Waals surface area contributed by atoms with Crippen LogP contribution in [0.3, 0.4) is 0 Å². The van der Waals surface area contributed by atoms with E-state index >= 15 is 0 Å². The number of hydrogen-bond acceptors (Lipinski definition) is 3. The Bertz CT molecular complexity index is 608. The second kappa shape index (κ2) is 4.92. The van der Waals surface area contributed by atoms with E-state index in [0.717, 1.165) is 28.5 Å². The Labute approximate surface area is 106 Å². The van der Waals surface area contributed by atoms with Crippen molar-refractivity contribution in [2.24, 2.45) is 7.05 Å². The van der Waals surface area contributed by atoms with E-state index in [9.17, 15) is 0 Å². The lowest BCUT2D eigenvalue weighted by Gasteiger charge is -2.08. The van der Waals surface area contributed by atoms with Gasteiger partial charge in [-0.3, -0.25) is 0 Å². The SMILES string of the molecule is COc1ccccc1-c1nc(CC#N)c(C)n1C. The number of benzene rings is 1. The summed E-state index contributed by atoms with van der Waals surface area (Å²) in [7, 11) is 3.59. The van der Waals surface area contributed by atoms with Gasteiger partial charge in [0, 0.05) is 12.7 Å². The third-order valence-electron chi connectivity index (χ3n) is 3.07. The number of hydrogen-bond donors (Lipinski definition) is 0. The maximum atomic E-state index is 8.79. The summed E-state index contributed by atoms with van der Waals surface area (Å²) in [6, 6.07) is 9.89. The molecule has 4 nitrogen and oxygen atoms in total. The molecule has 0 saturated carbocycles. The van der Waals surface area contributed by atoms with Crippen LogP contribution in [0.15, 0.2) is 24.3 Å². The molecule has 0 fully saturated rings. The van der Waals surface area contributed by atoms with Crippen LogP contribution >= 0.6 is 0 Å². The largest absolute Gasteiger partial charge is 0.496 e. The zero-order valence-electron chi connectivity index (χ0n) is 10.8. The van der Waals surface area contributed by atoms with Crippen molar-refractivity contribution < 1.29 is 4.74 Å². The van der Waals surface area contributed by atoms with Gasteiger partial charge >= 0.3 is 0 Å². The van der Waals surface area contributed by atoms with Gasteiger partial charge in [-0.25, -0.2) is 4.98 Å². The Balaban J connectivity index is 2.58. The molecule has 0 aliphatic carbocycles. The summed E-state index contributed by atoms with van der Waals surface area (Å²) in [6.07, 6.45) is 0.328. The molecular formula is C14H15N3O. The highest BCUT2D eigenvalue weighted by Crippen LogP contribution is 2.29. The maximum absolute atomic E-state index is 8.79. The van der Waals surface area contributed by atoms with Crippen molar-refractivity contribution >= 4 is 0 Å². The third kappa shape index (κ3) is 1.95. The number of aromatic nitrogens is 2. The van der Waals surface area contributed by atoms with Crippen LogP contribution in [0.5, 0.6) is 5.75 Å². The van der Waals surface area contributed by atoms with Gasteiger partial charge in [-0.05, 0) is 19.1 Å². The molecule has 0 bridgehead atoms. The van der Waals surface area contributed by atoms with Crippen LogP contribution in [-0.2, 0) is 13.5 Å². The van der Waals surface area contributed by atoms with Crippen LogP contribution in [0.2, 0.25) is 0 Å². The van der Waals surface area contributed by atoms with Gasteiger partial charge in [0.2, 0.25) is 0 Å². The first-order valence-electron chi connectivity index (χ1n) is 5.71. The lowest BCUT2D eigenvalue weighted by Crippen LogP contribution is -1.97. The molecule has 1 aromatic carbocycles. The molecule has 2 rings (SSSR count). The summed E-state index contributed by atoms with van der Waals surface area (Å²) in [6.45, 7) is 1.97. The summed E-state index contributed by atoms with van der Waals surface area (Å²) < 4.78 is 7.34. The predicted octanol–water partition coefficient (Wildman–Crippen LogP) is 2.47. The molecule has 1 aromatic heterocycles. The molecule has 0 aliphatic heterocycles. The molecule has 0 spiro atoms. The van der Waals surface area contributed by atoms with Gasteiger partial charge in [-0.1, -0.05) is 12.1 Å². The van der Waals surface area contributed by atoms with E-state index in [1.54, 1.807) is 7.11 Å². The minimum absolute atomic E-state index is 0.328.